The maximum absolute atomic E-state index is 11.8. The molecule has 0 saturated carbocycles. The van der Waals surface area contributed by atoms with Crippen molar-refractivity contribution in [1.29, 1.82) is 0 Å². The maximum Gasteiger partial charge on any atom is 0.325 e. The molecule has 0 amide bonds. The summed E-state index contributed by atoms with van der Waals surface area (Å²) in [4.78, 5) is 15.2. The summed E-state index contributed by atoms with van der Waals surface area (Å²) in [7, 11) is 0. The molecule has 3 rings (SSSR count). The van der Waals surface area contributed by atoms with Crippen LogP contribution in [0.15, 0.2) is 35.7 Å². The second-order valence-electron chi connectivity index (χ2n) is 5.23. The van der Waals surface area contributed by atoms with Gasteiger partial charge in [0.15, 0.2) is 0 Å². The Morgan fingerprint density at radius 2 is 2.19 bits per heavy atom. The number of nitrogens with zero attached hydrogens (tertiary/aromatic N) is 1. The lowest BCUT2D eigenvalue weighted by atomic mass is 9.96. The molecule has 2 heterocycles. The normalized spacial score (nSPS) is 20.0. The van der Waals surface area contributed by atoms with Crippen LogP contribution in [0, 0.1) is 0 Å². The molecular weight excluding hydrogens is 306 g/mol. The Hall–Kier alpha value is -1.36. The van der Waals surface area contributed by atoms with E-state index in [1.165, 1.54) is 10.4 Å². The van der Waals surface area contributed by atoms with Crippen molar-refractivity contribution < 1.29 is 9.90 Å². The molecule has 1 unspecified atom stereocenters. The molecule has 2 atom stereocenters. The molecule has 1 aromatic carbocycles. The van der Waals surface area contributed by atoms with Crippen LogP contribution < -0.4 is 0 Å². The van der Waals surface area contributed by atoms with Crippen molar-refractivity contribution >= 4 is 28.9 Å². The van der Waals surface area contributed by atoms with Gasteiger partial charge in [0, 0.05) is 22.5 Å². The molecule has 0 fully saturated rings. The van der Waals surface area contributed by atoms with Gasteiger partial charge in [0.05, 0.1) is 0 Å². The van der Waals surface area contributed by atoms with Gasteiger partial charge in [-0.25, -0.2) is 0 Å². The summed E-state index contributed by atoms with van der Waals surface area (Å²) in [6.07, 6.45) is 0.894. The Morgan fingerprint density at radius 3 is 2.90 bits per heavy atom. The zero-order chi connectivity index (χ0) is 15.0. The van der Waals surface area contributed by atoms with E-state index in [1.807, 2.05) is 17.0 Å². The number of carboxylic acid groups (broad SMARTS) is 1. The highest BCUT2D eigenvalue weighted by Gasteiger charge is 2.35. The summed E-state index contributed by atoms with van der Waals surface area (Å²) in [5.74, 6) is -0.853. The van der Waals surface area contributed by atoms with Crippen LogP contribution >= 0.6 is 22.9 Å². The van der Waals surface area contributed by atoms with Crippen molar-refractivity contribution in [1.82, 2.24) is 4.90 Å². The van der Waals surface area contributed by atoms with Gasteiger partial charge < -0.3 is 5.11 Å². The van der Waals surface area contributed by atoms with Gasteiger partial charge in [-0.05, 0) is 42.0 Å². The first-order chi connectivity index (χ1) is 10.1. The number of hydrogen-bond donors (Lipinski definition) is 1. The third-order valence-electron chi connectivity index (χ3n) is 4.09. The summed E-state index contributed by atoms with van der Waals surface area (Å²) in [5.41, 5.74) is 1.90. The molecule has 1 N–H and O–H groups in total. The highest BCUT2D eigenvalue weighted by molar-refractivity contribution is 7.10. The van der Waals surface area contributed by atoms with E-state index in [-0.39, 0.29) is 6.04 Å². The van der Waals surface area contributed by atoms with Crippen molar-refractivity contribution in [3.8, 4) is 0 Å². The average Bonchev–Trinajstić information content (AvgIpc) is 2.92. The number of fused-ring (bicyclic) bond motifs is 1. The number of hydrogen-bond acceptors (Lipinski definition) is 3. The van der Waals surface area contributed by atoms with E-state index in [1.54, 1.807) is 23.5 Å². The number of halogens is 1. The van der Waals surface area contributed by atoms with Crippen LogP contribution in [0.4, 0.5) is 0 Å². The molecule has 1 aliphatic heterocycles. The Labute approximate surface area is 132 Å². The van der Waals surface area contributed by atoms with Gasteiger partial charge in [-0.3, -0.25) is 9.69 Å². The molecule has 0 radical (unpaired) electrons. The van der Waals surface area contributed by atoms with Gasteiger partial charge in [0.25, 0.3) is 0 Å². The fraction of sp³-hybridized carbons (Fsp3) is 0.312. The van der Waals surface area contributed by atoms with Crippen LogP contribution in [-0.2, 0) is 11.2 Å². The minimum atomic E-state index is -0.853. The van der Waals surface area contributed by atoms with E-state index in [9.17, 15) is 9.90 Å². The molecule has 2 aromatic rings. The SMILES string of the molecule is CC1c2ccsc2CCN1[C@@H](C(=O)O)c1ccccc1Cl. The summed E-state index contributed by atoms with van der Waals surface area (Å²) >= 11 is 7.97. The largest absolute Gasteiger partial charge is 0.480 e. The maximum atomic E-state index is 11.8. The average molecular weight is 322 g/mol. The van der Waals surface area contributed by atoms with Crippen molar-refractivity contribution in [2.45, 2.75) is 25.4 Å². The van der Waals surface area contributed by atoms with E-state index in [2.05, 4.69) is 18.4 Å². The number of carboxylic acids is 1. The standard InChI is InChI=1S/C16H16ClNO2S/c1-10-11-7-9-21-14(11)6-8-18(10)15(16(19)20)12-4-2-3-5-13(12)17/h2-5,7,9-10,15H,6,8H2,1H3,(H,19,20)/t10?,15-/m1/s1. The van der Waals surface area contributed by atoms with E-state index in [4.69, 9.17) is 11.6 Å². The van der Waals surface area contributed by atoms with Crippen molar-refractivity contribution in [2.24, 2.45) is 0 Å². The fourth-order valence-corrected chi connectivity index (χ4v) is 4.23. The fourth-order valence-electron chi connectivity index (χ4n) is 3.03. The molecule has 0 bridgehead atoms. The first-order valence-corrected chi connectivity index (χ1v) is 8.14. The lowest BCUT2D eigenvalue weighted by Gasteiger charge is -2.38. The van der Waals surface area contributed by atoms with Crippen LogP contribution in [-0.4, -0.2) is 22.5 Å². The Balaban J connectivity index is 2.00. The van der Waals surface area contributed by atoms with E-state index < -0.39 is 12.0 Å². The predicted octanol–water partition coefficient (Wildman–Crippen LogP) is 4.15. The van der Waals surface area contributed by atoms with Crippen molar-refractivity contribution in [3.05, 3.63) is 56.7 Å². The molecule has 3 nitrogen and oxygen atoms in total. The lowest BCUT2D eigenvalue weighted by Crippen LogP contribution is -2.40. The highest BCUT2D eigenvalue weighted by Crippen LogP contribution is 2.39. The summed E-state index contributed by atoms with van der Waals surface area (Å²) in [6, 6.07) is 8.68. The number of benzene rings is 1. The molecule has 0 saturated heterocycles. The topological polar surface area (TPSA) is 40.5 Å². The quantitative estimate of drug-likeness (QED) is 0.923. The third kappa shape index (κ3) is 2.59. The van der Waals surface area contributed by atoms with E-state index >= 15 is 0 Å². The number of aliphatic carboxylic acids is 1. The molecule has 1 aromatic heterocycles. The zero-order valence-electron chi connectivity index (χ0n) is 11.6. The van der Waals surface area contributed by atoms with Gasteiger partial charge in [-0.2, -0.15) is 0 Å². The molecule has 110 valence electrons. The van der Waals surface area contributed by atoms with Crippen molar-refractivity contribution in [3.63, 3.8) is 0 Å². The first kappa shape index (κ1) is 14.6. The Kier molecular flexibility index (Phi) is 4.02. The Morgan fingerprint density at radius 1 is 1.43 bits per heavy atom. The molecule has 21 heavy (non-hydrogen) atoms. The lowest BCUT2D eigenvalue weighted by molar-refractivity contribution is -0.144. The van der Waals surface area contributed by atoms with Gasteiger partial charge in [-0.15, -0.1) is 11.3 Å². The minimum absolute atomic E-state index is 0.0809. The molecule has 1 aliphatic rings. The number of carbonyl (C=O) groups is 1. The van der Waals surface area contributed by atoms with Crippen LogP contribution in [0.2, 0.25) is 5.02 Å². The van der Waals surface area contributed by atoms with E-state index in [0.717, 1.165) is 13.0 Å². The number of rotatable bonds is 3. The van der Waals surface area contributed by atoms with Crippen LogP contribution in [0.25, 0.3) is 0 Å². The predicted molar refractivity (Wildman–Crippen MR) is 85.0 cm³/mol. The van der Waals surface area contributed by atoms with Crippen LogP contribution in [0.5, 0.6) is 0 Å². The van der Waals surface area contributed by atoms with Crippen LogP contribution in [0.1, 0.15) is 35.0 Å². The molecule has 5 heteroatoms. The third-order valence-corrected chi connectivity index (χ3v) is 5.43. The van der Waals surface area contributed by atoms with Crippen LogP contribution in [0.3, 0.4) is 0 Å². The minimum Gasteiger partial charge on any atom is -0.480 e. The van der Waals surface area contributed by atoms with Gasteiger partial charge in [0.1, 0.15) is 6.04 Å². The summed E-state index contributed by atoms with van der Waals surface area (Å²) in [6.45, 7) is 2.80. The van der Waals surface area contributed by atoms with Crippen molar-refractivity contribution in [2.75, 3.05) is 6.54 Å². The van der Waals surface area contributed by atoms with Gasteiger partial charge in [-0.1, -0.05) is 29.8 Å². The zero-order valence-corrected chi connectivity index (χ0v) is 13.2. The Bertz CT molecular complexity index is 670. The van der Waals surface area contributed by atoms with E-state index in [0.29, 0.717) is 10.6 Å². The second-order valence-corrected chi connectivity index (χ2v) is 6.63. The molecule has 0 spiro atoms. The molecular formula is C16H16ClNO2S. The van der Waals surface area contributed by atoms with Gasteiger partial charge in [0.2, 0.25) is 0 Å². The van der Waals surface area contributed by atoms with Gasteiger partial charge >= 0.3 is 5.97 Å². The number of thiophene rings is 1. The highest BCUT2D eigenvalue weighted by atomic mass is 35.5. The monoisotopic (exact) mass is 321 g/mol. The second kappa shape index (κ2) is 5.79. The first-order valence-electron chi connectivity index (χ1n) is 6.89. The smallest absolute Gasteiger partial charge is 0.325 e. The summed E-state index contributed by atoms with van der Waals surface area (Å²) < 4.78 is 0. The summed E-state index contributed by atoms with van der Waals surface area (Å²) in [5, 5.41) is 12.3. The molecule has 0 aliphatic carbocycles.